The molecule has 26 heavy (non-hydrogen) atoms. The van der Waals surface area contributed by atoms with E-state index >= 15 is 0 Å². The predicted molar refractivity (Wildman–Crippen MR) is 88.5 cm³/mol. The Labute approximate surface area is 149 Å². The van der Waals surface area contributed by atoms with Crippen molar-refractivity contribution in [3.63, 3.8) is 0 Å². The molecule has 0 saturated carbocycles. The zero-order valence-corrected chi connectivity index (χ0v) is 14.3. The van der Waals surface area contributed by atoms with Crippen LogP contribution in [0.2, 0.25) is 0 Å². The quantitative estimate of drug-likeness (QED) is 0.885. The van der Waals surface area contributed by atoms with Crippen molar-refractivity contribution in [2.45, 2.75) is 32.1 Å². The molecule has 2 aromatic rings. The molecule has 0 unspecified atom stereocenters. The first-order chi connectivity index (χ1) is 12.4. The fourth-order valence-corrected chi connectivity index (χ4v) is 3.19. The standard InChI is InChI=1S/C18H19F3N4O/c1-26-15-4-2-12(6-14(15)7-22)8-23-9-13-3-5-17-24-16(18(19,20)21)11-25(17)10-13/h2,4,6,11,13,23H,3,5,8-10H2,1H3/t13-/m1/s1. The average molecular weight is 364 g/mol. The Morgan fingerprint density at radius 2 is 2.23 bits per heavy atom. The van der Waals surface area contributed by atoms with Gasteiger partial charge in [0.15, 0.2) is 5.69 Å². The summed E-state index contributed by atoms with van der Waals surface area (Å²) < 4.78 is 45.0. The van der Waals surface area contributed by atoms with Gasteiger partial charge in [-0.2, -0.15) is 18.4 Å². The molecule has 8 heteroatoms. The summed E-state index contributed by atoms with van der Waals surface area (Å²) in [6, 6.07) is 7.51. The topological polar surface area (TPSA) is 62.9 Å². The Morgan fingerprint density at radius 1 is 1.42 bits per heavy atom. The minimum atomic E-state index is -4.40. The van der Waals surface area contributed by atoms with Gasteiger partial charge in [0.25, 0.3) is 0 Å². The highest BCUT2D eigenvalue weighted by Gasteiger charge is 2.35. The summed E-state index contributed by atoms with van der Waals surface area (Å²) in [5.74, 6) is 1.28. The molecule has 0 fully saturated rings. The fourth-order valence-electron chi connectivity index (χ4n) is 3.19. The second kappa shape index (κ2) is 7.38. The molecule has 0 spiro atoms. The van der Waals surface area contributed by atoms with Gasteiger partial charge in [0, 0.05) is 25.7 Å². The second-order valence-electron chi connectivity index (χ2n) is 6.37. The van der Waals surface area contributed by atoms with Crippen LogP contribution in [0.4, 0.5) is 13.2 Å². The van der Waals surface area contributed by atoms with E-state index in [0.717, 1.165) is 18.2 Å². The number of ether oxygens (including phenoxy) is 1. The lowest BCUT2D eigenvalue weighted by Gasteiger charge is -2.24. The minimum Gasteiger partial charge on any atom is -0.495 e. The predicted octanol–water partition coefficient (Wildman–Crippen LogP) is 3.13. The Balaban J connectivity index is 1.55. The summed E-state index contributed by atoms with van der Waals surface area (Å²) in [4.78, 5) is 3.69. The first-order valence-corrected chi connectivity index (χ1v) is 8.31. The van der Waals surface area contributed by atoms with Crippen molar-refractivity contribution in [1.29, 1.82) is 5.26 Å². The van der Waals surface area contributed by atoms with Crippen LogP contribution in [0.5, 0.6) is 5.75 Å². The van der Waals surface area contributed by atoms with Crippen LogP contribution >= 0.6 is 0 Å². The largest absolute Gasteiger partial charge is 0.495 e. The molecular formula is C18H19F3N4O. The summed E-state index contributed by atoms with van der Waals surface area (Å²) in [7, 11) is 1.52. The zero-order valence-electron chi connectivity index (χ0n) is 14.3. The monoisotopic (exact) mass is 364 g/mol. The van der Waals surface area contributed by atoms with Crippen LogP contribution in [0.25, 0.3) is 0 Å². The second-order valence-corrected chi connectivity index (χ2v) is 6.37. The van der Waals surface area contributed by atoms with Gasteiger partial charge in [-0.25, -0.2) is 4.98 Å². The average Bonchev–Trinajstić information content (AvgIpc) is 3.05. The molecule has 0 aliphatic carbocycles. The molecule has 138 valence electrons. The molecule has 2 heterocycles. The summed E-state index contributed by atoms with van der Waals surface area (Å²) in [5, 5.41) is 12.4. The van der Waals surface area contributed by atoms with Crippen molar-refractivity contribution in [3.05, 3.63) is 47.0 Å². The summed E-state index contributed by atoms with van der Waals surface area (Å²) in [6.07, 6.45) is -1.95. The Kier molecular flexibility index (Phi) is 5.18. The number of hydrogen-bond donors (Lipinski definition) is 1. The maximum atomic E-state index is 12.8. The molecule has 1 aromatic carbocycles. The number of nitrogens with one attached hydrogen (secondary N) is 1. The van der Waals surface area contributed by atoms with Crippen LogP contribution in [-0.4, -0.2) is 23.2 Å². The van der Waals surface area contributed by atoms with Crippen molar-refractivity contribution < 1.29 is 17.9 Å². The van der Waals surface area contributed by atoms with E-state index in [0.29, 0.717) is 43.2 Å². The number of nitrogens with zero attached hydrogens (tertiary/aromatic N) is 3. The first kappa shape index (κ1) is 18.3. The first-order valence-electron chi connectivity index (χ1n) is 8.31. The number of hydrogen-bond acceptors (Lipinski definition) is 4. The Bertz CT molecular complexity index is 823. The summed E-state index contributed by atoms with van der Waals surface area (Å²) in [6.45, 7) is 1.80. The van der Waals surface area contributed by atoms with Crippen molar-refractivity contribution in [3.8, 4) is 11.8 Å². The van der Waals surface area contributed by atoms with E-state index in [4.69, 9.17) is 10.00 Å². The fraction of sp³-hybridized carbons (Fsp3) is 0.444. The van der Waals surface area contributed by atoms with Gasteiger partial charge in [0.05, 0.1) is 12.7 Å². The smallest absolute Gasteiger partial charge is 0.434 e. The third-order valence-electron chi connectivity index (χ3n) is 4.53. The molecule has 5 nitrogen and oxygen atoms in total. The number of benzene rings is 1. The number of rotatable bonds is 5. The molecule has 1 aliphatic rings. The van der Waals surface area contributed by atoms with Crippen molar-refractivity contribution in [2.75, 3.05) is 13.7 Å². The van der Waals surface area contributed by atoms with Gasteiger partial charge in [-0.1, -0.05) is 6.07 Å². The molecule has 0 radical (unpaired) electrons. The lowest BCUT2D eigenvalue weighted by atomic mass is 9.99. The van der Waals surface area contributed by atoms with Crippen molar-refractivity contribution in [1.82, 2.24) is 14.9 Å². The van der Waals surface area contributed by atoms with Gasteiger partial charge in [-0.15, -0.1) is 0 Å². The van der Waals surface area contributed by atoms with Crippen LogP contribution < -0.4 is 10.1 Å². The number of alkyl halides is 3. The van der Waals surface area contributed by atoms with E-state index in [1.807, 2.05) is 6.07 Å². The molecule has 1 aromatic heterocycles. The van der Waals surface area contributed by atoms with Crippen LogP contribution in [0.1, 0.15) is 29.1 Å². The van der Waals surface area contributed by atoms with Crippen molar-refractivity contribution in [2.24, 2.45) is 5.92 Å². The molecule has 1 aliphatic heterocycles. The lowest BCUT2D eigenvalue weighted by Crippen LogP contribution is -2.29. The number of imidazole rings is 1. The van der Waals surface area contributed by atoms with E-state index in [1.54, 1.807) is 16.7 Å². The number of fused-ring (bicyclic) bond motifs is 1. The van der Waals surface area contributed by atoms with Gasteiger partial charge < -0.3 is 14.6 Å². The molecule has 0 saturated heterocycles. The molecule has 1 N–H and O–H groups in total. The number of aromatic nitrogens is 2. The highest BCUT2D eigenvalue weighted by Crippen LogP contribution is 2.30. The zero-order chi connectivity index (χ0) is 18.7. The van der Waals surface area contributed by atoms with E-state index < -0.39 is 11.9 Å². The molecule has 0 amide bonds. The van der Waals surface area contributed by atoms with E-state index in [1.165, 1.54) is 7.11 Å². The van der Waals surface area contributed by atoms with E-state index in [-0.39, 0.29) is 5.92 Å². The normalized spacial score (nSPS) is 16.8. The highest BCUT2D eigenvalue weighted by atomic mass is 19.4. The number of nitriles is 1. The third kappa shape index (κ3) is 3.99. The number of halogens is 3. The van der Waals surface area contributed by atoms with Gasteiger partial charge in [0.1, 0.15) is 17.6 Å². The van der Waals surface area contributed by atoms with Gasteiger partial charge in [0.2, 0.25) is 0 Å². The van der Waals surface area contributed by atoms with Crippen LogP contribution in [0, 0.1) is 17.2 Å². The maximum Gasteiger partial charge on any atom is 0.434 e. The van der Waals surface area contributed by atoms with Gasteiger partial charge >= 0.3 is 6.18 Å². The SMILES string of the molecule is COc1ccc(CNC[C@H]2CCc3nc(C(F)(F)F)cn3C2)cc1C#N. The van der Waals surface area contributed by atoms with Crippen LogP contribution in [-0.2, 0) is 25.7 Å². The summed E-state index contributed by atoms with van der Waals surface area (Å²) >= 11 is 0. The van der Waals surface area contributed by atoms with Crippen LogP contribution in [0.15, 0.2) is 24.4 Å². The maximum absolute atomic E-state index is 12.8. The Morgan fingerprint density at radius 3 is 2.92 bits per heavy atom. The Hall–Kier alpha value is -2.53. The van der Waals surface area contributed by atoms with Crippen molar-refractivity contribution >= 4 is 0 Å². The minimum absolute atomic E-state index is 0.242. The third-order valence-corrected chi connectivity index (χ3v) is 4.53. The summed E-state index contributed by atoms with van der Waals surface area (Å²) in [5.41, 5.74) is 0.622. The lowest BCUT2D eigenvalue weighted by molar-refractivity contribution is -0.141. The van der Waals surface area contributed by atoms with Gasteiger partial charge in [-0.3, -0.25) is 0 Å². The molecule has 1 atom stereocenters. The highest BCUT2D eigenvalue weighted by molar-refractivity contribution is 5.45. The molecular weight excluding hydrogens is 345 g/mol. The van der Waals surface area contributed by atoms with E-state index in [9.17, 15) is 13.2 Å². The van der Waals surface area contributed by atoms with Gasteiger partial charge in [-0.05, 0) is 36.6 Å². The molecule has 3 rings (SSSR count). The number of methoxy groups -OCH3 is 1. The molecule has 0 bridgehead atoms. The van der Waals surface area contributed by atoms with E-state index in [2.05, 4.69) is 16.4 Å². The van der Waals surface area contributed by atoms with Crippen LogP contribution in [0.3, 0.4) is 0 Å². The number of aryl methyl sites for hydroxylation is 1.